The smallest absolute Gasteiger partial charge is 0.164 e. The normalized spacial score (nSPS) is 15.6. The van der Waals surface area contributed by atoms with E-state index in [2.05, 4.69) is 132 Å². The Morgan fingerprint density at radius 3 is 1.84 bits per heavy atom. The van der Waals surface area contributed by atoms with E-state index in [9.17, 15) is 0 Å². The Hall–Kier alpha value is -7.57. The number of anilines is 2. The summed E-state index contributed by atoms with van der Waals surface area (Å²) in [6.07, 6.45) is 4.45. The molecule has 0 bridgehead atoms. The van der Waals surface area contributed by atoms with Crippen molar-refractivity contribution in [1.29, 1.82) is 0 Å². The minimum atomic E-state index is 0.0880. The lowest BCUT2D eigenvalue weighted by Gasteiger charge is -2.30. The maximum atomic E-state index is 6.71. The zero-order valence-electron chi connectivity index (χ0n) is 30.6. The fraction of sp³-hybridized carbons (Fsp3) is 0.0392. The molecule has 0 saturated heterocycles. The molecule has 12 rings (SSSR count). The SMILES string of the molecule is C1=CC2C(c3ccccc3N2c2cccc(-c3ccccc3)c2)c2c1oc1cc(-c3nc(-c4ccccc4)nc(-c4ccc5c(c4)oc4ccccc45)n3)ccc21. The highest BCUT2D eigenvalue weighted by Gasteiger charge is 2.43. The Kier molecular flexibility index (Phi) is 6.95. The Morgan fingerprint density at radius 1 is 0.439 bits per heavy atom. The Morgan fingerprint density at radius 2 is 1.05 bits per heavy atom. The lowest BCUT2D eigenvalue weighted by atomic mass is 9.82. The molecular weight excluding hydrogens is 701 g/mol. The van der Waals surface area contributed by atoms with Gasteiger partial charge in [-0.1, -0.05) is 133 Å². The zero-order valence-corrected chi connectivity index (χ0v) is 30.6. The average molecular weight is 733 g/mol. The molecule has 1 aliphatic carbocycles. The van der Waals surface area contributed by atoms with Crippen LogP contribution in [0.2, 0.25) is 0 Å². The standard InChI is InChI=1S/C51H32N4O2/c1-3-12-31(13-4-1)33-16-11-17-36(28-33)55-41-20-9-7-19-39(41)47-42(55)26-27-44-48(47)40-25-23-35(30-46(40)57-44)51-53-49(32-14-5-2-6-15-32)52-50(54-51)34-22-24-38-37-18-8-10-21-43(37)56-45(38)29-34/h1-30,42,47H. The Labute approximate surface area is 328 Å². The van der Waals surface area contributed by atoms with Gasteiger partial charge in [0.2, 0.25) is 0 Å². The molecule has 2 atom stereocenters. The third kappa shape index (κ3) is 5.07. The molecule has 57 heavy (non-hydrogen) atoms. The number of furan rings is 2. The third-order valence-corrected chi connectivity index (χ3v) is 11.5. The highest BCUT2D eigenvalue weighted by Crippen LogP contribution is 2.54. The summed E-state index contributed by atoms with van der Waals surface area (Å²) in [6.45, 7) is 0. The molecule has 2 aliphatic rings. The number of para-hydroxylation sites is 2. The van der Waals surface area contributed by atoms with Crippen LogP contribution in [0.25, 0.3) is 84.3 Å². The van der Waals surface area contributed by atoms with Crippen molar-refractivity contribution in [2.45, 2.75) is 12.0 Å². The fourth-order valence-electron chi connectivity index (χ4n) is 8.88. The van der Waals surface area contributed by atoms with Gasteiger partial charge in [0.15, 0.2) is 17.5 Å². The van der Waals surface area contributed by atoms with Crippen molar-refractivity contribution in [2.24, 2.45) is 0 Å². The molecule has 6 nitrogen and oxygen atoms in total. The molecule has 7 aromatic carbocycles. The molecule has 0 N–H and O–H groups in total. The molecule has 0 fully saturated rings. The predicted molar refractivity (Wildman–Crippen MR) is 228 cm³/mol. The summed E-state index contributed by atoms with van der Waals surface area (Å²) < 4.78 is 13.0. The van der Waals surface area contributed by atoms with E-state index < -0.39 is 0 Å². The highest BCUT2D eigenvalue weighted by molar-refractivity contribution is 6.05. The van der Waals surface area contributed by atoms with E-state index in [4.69, 9.17) is 23.8 Å². The third-order valence-electron chi connectivity index (χ3n) is 11.5. The molecule has 3 aromatic heterocycles. The molecule has 6 heteroatoms. The van der Waals surface area contributed by atoms with Crippen LogP contribution < -0.4 is 4.90 Å². The molecule has 0 amide bonds. The topological polar surface area (TPSA) is 68.2 Å². The van der Waals surface area contributed by atoms with Crippen molar-refractivity contribution >= 4 is 50.4 Å². The minimum Gasteiger partial charge on any atom is -0.456 e. The first-order valence-electron chi connectivity index (χ1n) is 19.3. The maximum Gasteiger partial charge on any atom is 0.164 e. The van der Waals surface area contributed by atoms with E-state index >= 15 is 0 Å². The fourth-order valence-corrected chi connectivity index (χ4v) is 8.88. The van der Waals surface area contributed by atoms with Crippen molar-refractivity contribution in [3.8, 4) is 45.3 Å². The summed E-state index contributed by atoms with van der Waals surface area (Å²) >= 11 is 0. The largest absolute Gasteiger partial charge is 0.456 e. The Bertz CT molecular complexity index is 3220. The molecule has 10 aromatic rings. The van der Waals surface area contributed by atoms with Gasteiger partial charge in [-0.25, -0.2) is 15.0 Å². The van der Waals surface area contributed by atoms with Gasteiger partial charge in [-0.2, -0.15) is 0 Å². The lowest BCUT2D eigenvalue weighted by Crippen LogP contribution is -2.30. The second-order valence-electron chi connectivity index (χ2n) is 14.7. The quantitative estimate of drug-likeness (QED) is 0.175. The summed E-state index contributed by atoms with van der Waals surface area (Å²) in [7, 11) is 0. The van der Waals surface area contributed by atoms with Crippen LogP contribution in [0.4, 0.5) is 11.4 Å². The predicted octanol–water partition coefficient (Wildman–Crippen LogP) is 12.9. The van der Waals surface area contributed by atoms with Crippen molar-refractivity contribution < 1.29 is 8.83 Å². The molecule has 268 valence electrons. The maximum absolute atomic E-state index is 6.71. The average Bonchev–Trinajstić information content (AvgIpc) is 3.95. The second kappa shape index (κ2) is 12.5. The number of benzene rings is 7. The minimum absolute atomic E-state index is 0.0880. The monoisotopic (exact) mass is 732 g/mol. The van der Waals surface area contributed by atoms with Gasteiger partial charge in [0.25, 0.3) is 0 Å². The van der Waals surface area contributed by atoms with E-state index in [1.807, 2.05) is 54.6 Å². The van der Waals surface area contributed by atoms with Gasteiger partial charge in [-0.15, -0.1) is 0 Å². The number of aromatic nitrogens is 3. The number of hydrogen-bond acceptors (Lipinski definition) is 6. The number of rotatable bonds is 5. The van der Waals surface area contributed by atoms with Crippen molar-refractivity contribution in [3.63, 3.8) is 0 Å². The molecule has 4 heterocycles. The number of hydrogen-bond donors (Lipinski definition) is 0. The first kappa shape index (κ1) is 31.7. The molecule has 1 aliphatic heterocycles. The molecule has 0 radical (unpaired) electrons. The van der Waals surface area contributed by atoms with Crippen LogP contribution in [0.5, 0.6) is 0 Å². The summed E-state index contributed by atoms with van der Waals surface area (Å²) in [5.74, 6) is 2.73. The first-order chi connectivity index (χ1) is 28.2. The van der Waals surface area contributed by atoms with Crippen LogP contribution in [0, 0.1) is 0 Å². The molecule has 0 spiro atoms. The van der Waals surface area contributed by atoms with E-state index in [0.717, 1.165) is 55.4 Å². The van der Waals surface area contributed by atoms with Gasteiger partial charge in [-0.3, -0.25) is 0 Å². The van der Waals surface area contributed by atoms with E-state index in [-0.39, 0.29) is 12.0 Å². The molecule has 2 unspecified atom stereocenters. The van der Waals surface area contributed by atoms with Crippen molar-refractivity contribution in [1.82, 2.24) is 15.0 Å². The van der Waals surface area contributed by atoms with E-state index in [1.54, 1.807) is 0 Å². The Balaban J connectivity index is 0.961. The second-order valence-corrected chi connectivity index (χ2v) is 14.7. The first-order valence-corrected chi connectivity index (χ1v) is 19.3. The van der Waals surface area contributed by atoms with Gasteiger partial charge < -0.3 is 13.7 Å². The van der Waals surface area contributed by atoms with Crippen LogP contribution in [-0.4, -0.2) is 21.0 Å². The van der Waals surface area contributed by atoms with Crippen molar-refractivity contribution in [2.75, 3.05) is 4.90 Å². The summed E-state index contributed by atoms with van der Waals surface area (Å²) in [5, 5.41) is 3.24. The van der Waals surface area contributed by atoms with Crippen molar-refractivity contribution in [3.05, 3.63) is 193 Å². The van der Waals surface area contributed by atoms with Crippen LogP contribution in [-0.2, 0) is 0 Å². The van der Waals surface area contributed by atoms with Gasteiger partial charge in [-0.05, 0) is 65.2 Å². The van der Waals surface area contributed by atoms with Crippen LogP contribution >= 0.6 is 0 Å². The van der Waals surface area contributed by atoms with Crippen LogP contribution in [0.3, 0.4) is 0 Å². The zero-order chi connectivity index (χ0) is 37.5. The molecular formula is C51H32N4O2. The molecule has 0 saturated carbocycles. The number of fused-ring (bicyclic) bond motifs is 10. The lowest BCUT2D eigenvalue weighted by molar-refractivity contribution is 0.584. The van der Waals surface area contributed by atoms with Gasteiger partial charge in [0, 0.05) is 55.7 Å². The highest BCUT2D eigenvalue weighted by atomic mass is 16.3. The van der Waals surface area contributed by atoms with Crippen LogP contribution in [0.1, 0.15) is 22.8 Å². The van der Waals surface area contributed by atoms with Gasteiger partial charge >= 0.3 is 0 Å². The van der Waals surface area contributed by atoms with Gasteiger partial charge in [0.05, 0.1) is 6.04 Å². The van der Waals surface area contributed by atoms with Gasteiger partial charge in [0.1, 0.15) is 22.5 Å². The van der Waals surface area contributed by atoms with E-state index in [0.29, 0.717) is 17.5 Å². The summed E-state index contributed by atoms with van der Waals surface area (Å²) in [4.78, 5) is 17.6. The van der Waals surface area contributed by atoms with E-state index in [1.165, 1.54) is 33.6 Å². The summed E-state index contributed by atoms with van der Waals surface area (Å²) in [5.41, 5.74) is 12.4. The van der Waals surface area contributed by atoms with Crippen LogP contribution in [0.15, 0.2) is 185 Å². The summed E-state index contributed by atoms with van der Waals surface area (Å²) in [6, 6.07) is 59.0. The number of nitrogens with zero attached hydrogens (tertiary/aromatic N) is 4.